The first kappa shape index (κ1) is 31.3. The summed E-state index contributed by atoms with van der Waals surface area (Å²) >= 11 is 0. The van der Waals surface area contributed by atoms with E-state index in [1.54, 1.807) is 19.2 Å². The van der Waals surface area contributed by atoms with Crippen molar-refractivity contribution in [2.45, 2.75) is 57.7 Å². The maximum atomic E-state index is 13.3. The number of ether oxygens (including phenoxy) is 1. The third kappa shape index (κ3) is 11.2. The van der Waals surface area contributed by atoms with Gasteiger partial charge in [-0.05, 0) is 42.0 Å². The molecule has 0 saturated carbocycles. The van der Waals surface area contributed by atoms with E-state index in [2.05, 4.69) is 21.3 Å². The van der Waals surface area contributed by atoms with Gasteiger partial charge >= 0.3 is 5.97 Å². The molecule has 0 spiro atoms. The number of carbonyl (C=O) groups excluding carboxylic acids is 3. The monoisotopic (exact) mass is 540 g/mol. The second kappa shape index (κ2) is 16.1. The van der Waals surface area contributed by atoms with E-state index in [9.17, 15) is 24.3 Å². The quantitative estimate of drug-likeness (QED) is 0.218. The van der Waals surface area contributed by atoms with Crippen molar-refractivity contribution in [2.75, 3.05) is 20.7 Å². The molecule has 0 bridgehead atoms. The molecule has 212 valence electrons. The van der Waals surface area contributed by atoms with Crippen LogP contribution in [0.2, 0.25) is 0 Å². The molecule has 0 aliphatic heterocycles. The average molecular weight is 541 g/mol. The number of likely N-dealkylation sites (N-methyl/N-ethyl adjacent to an activating group) is 1. The van der Waals surface area contributed by atoms with E-state index in [4.69, 9.17) is 4.74 Å². The van der Waals surface area contributed by atoms with E-state index < -0.39 is 30.0 Å². The number of carbonyl (C=O) groups is 4. The second-order valence-corrected chi connectivity index (χ2v) is 9.77. The van der Waals surface area contributed by atoms with E-state index in [0.717, 1.165) is 11.1 Å². The molecule has 0 unspecified atom stereocenters. The minimum absolute atomic E-state index is 0.0771. The highest BCUT2D eigenvalue weighted by Crippen LogP contribution is 2.14. The average Bonchev–Trinajstić information content (AvgIpc) is 2.91. The molecule has 0 fully saturated rings. The molecule has 0 saturated heterocycles. The third-order valence-electron chi connectivity index (χ3n) is 6.17. The molecule has 2 aromatic rings. The highest BCUT2D eigenvalue weighted by Gasteiger charge is 2.30. The zero-order valence-electron chi connectivity index (χ0n) is 23.0. The Morgan fingerprint density at radius 1 is 0.872 bits per heavy atom. The number of methoxy groups -OCH3 is 1. The fraction of sp³-hybridized carbons (Fsp3) is 0.448. The van der Waals surface area contributed by atoms with E-state index in [0.29, 0.717) is 12.2 Å². The van der Waals surface area contributed by atoms with Gasteiger partial charge in [-0.2, -0.15) is 0 Å². The zero-order valence-corrected chi connectivity index (χ0v) is 23.0. The molecule has 39 heavy (non-hydrogen) atoms. The molecule has 3 amide bonds. The number of rotatable bonds is 16. The van der Waals surface area contributed by atoms with Gasteiger partial charge in [-0.25, -0.2) is 0 Å². The molecule has 5 N–H and O–H groups in total. The molecule has 0 aliphatic rings. The minimum Gasteiger partial charge on any atom is -0.497 e. The highest BCUT2D eigenvalue weighted by molar-refractivity contribution is 5.90. The highest BCUT2D eigenvalue weighted by atomic mass is 16.5. The van der Waals surface area contributed by atoms with Gasteiger partial charge in [0.1, 0.15) is 17.8 Å². The number of hydrogen-bond acceptors (Lipinski definition) is 6. The van der Waals surface area contributed by atoms with Crippen LogP contribution >= 0.6 is 0 Å². The Hall–Kier alpha value is -3.92. The van der Waals surface area contributed by atoms with Crippen molar-refractivity contribution in [2.24, 2.45) is 5.92 Å². The predicted octanol–water partition coefficient (Wildman–Crippen LogP) is 1.68. The van der Waals surface area contributed by atoms with Gasteiger partial charge in [0, 0.05) is 20.0 Å². The molecule has 2 aromatic carbocycles. The van der Waals surface area contributed by atoms with Crippen LogP contribution < -0.4 is 26.0 Å². The van der Waals surface area contributed by atoms with Crippen LogP contribution in [-0.4, -0.2) is 67.6 Å². The number of aliphatic carboxylic acids is 1. The Kier molecular flexibility index (Phi) is 12.9. The molecular weight excluding hydrogens is 500 g/mol. The first-order chi connectivity index (χ1) is 18.6. The van der Waals surface area contributed by atoms with Gasteiger partial charge in [0.05, 0.1) is 19.6 Å². The summed E-state index contributed by atoms with van der Waals surface area (Å²) in [6.45, 7) is 3.98. The molecule has 3 atom stereocenters. The lowest BCUT2D eigenvalue weighted by Gasteiger charge is -2.26. The van der Waals surface area contributed by atoms with Crippen LogP contribution in [0, 0.1) is 5.92 Å². The van der Waals surface area contributed by atoms with Crippen LogP contribution in [0.25, 0.3) is 0 Å². The van der Waals surface area contributed by atoms with Crippen LogP contribution in [0.4, 0.5) is 0 Å². The maximum Gasteiger partial charge on any atom is 0.320 e. The van der Waals surface area contributed by atoms with Gasteiger partial charge in [-0.3, -0.25) is 24.5 Å². The Morgan fingerprint density at radius 2 is 1.54 bits per heavy atom. The van der Waals surface area contributed by atoms with Crippen molar-refractivity contribution in [1.82, 2.24) is 21.3 Å². The molecule has 0 aliphatic carbocycles. The summed E-state index contributed by atoms with van der Waals surface area (Å²) in [5.74, 6) is -1.42. The van der Waals surface area contributed by atoms with E-state index in [1.165, 1.54) is 7.05 Å². The van der Waals surface area contributed by atoms with Crippen molar-refractivity contribution in [3.05, 3.63) is 65.7 Å². The first-order valence-electron chi connectivity index (χ1n) is 13.1. The lowest BCUT2D eigenvalue weighted by atomic mass is 10.00. The van der Waals surface area contributed by atoms with Crippen molar-refractivity contribution in [3.8, 4) is 5.75 Å². The van der Waals surface area contributed by atoms with Gasteiger partial charge in [0.25, 0.3) is 0 Å². The molecular formula is C29H40N4O6. The van der Waals surface area contributed by atoms with Crippen molar-refractivity contribution < 1.29 is 29.0 Å². The van der Waals surface area contributed by atoms with E-state index >= 15 is 0 Å². The van der Waals surface area contributed by atoms with E-state index in [-0.39, 0.29) is 43.5 Å². The SMILES string of the molecule is CNC(=O)[C@H](Cc1ccc(OC)cc1)NC(=O)[C@@H](CC(C)C)N[C@@H](CCNC(=O)Cc1ccccc1)C(=O)O. The summed E-state index contributed by atoms with van der Waals surface area (Å²) < 4.78 is 5.17. The van der Waals surface area contributed by atoms with Crippen molar-refractivity contribution >= 4 is 23.7 Å². The first-order valence-corrected chi connectivity index (χ1v) is 13.1. The lowest BCUT2D eigenvalue weighted by molar-refractivity contribution is -0.140. The second-order valence-electron chi connectivity index (χ2n) is 9.77. The predicted molar refractivity (Wildman–Crippen MR) is 148 cm³/mol. The molecule has 0 heterocycles. The fourth-order valence-corrected chi connectivity index (χ4v) is 4.10. The molecule has 2 rings (SSSR count). The van der Waals surface area contributed by atoms with Crippen LogP contribution in [0.3, 0.4) is 0 Å². The molecule has 10 nitrogen and oxygen atoms in total. The Morgan fingerprint density at radius 3 is 2.10 bits per heavy atom. The Balaban J connectivity index is 2.03. The van der Waals surface area contributed by atoms with Crippen LogP contribution in [0.5, 0.6) is 5.75 Å². The number of amides is 3. The van der Waals surface area contributed by atoms with Gasteiger partial charge < -0.3 is 25.8 Å². The normalized spacial score (nSPS) is 13.2. The molecule has 10 heteroatoms. The van der Waals surface area contributed by atoms with Gasteiger partial charge in [0.2, 0.25) is 17.7 Å². The topological polar surface area (TPSA) is 146 Å². The van der Waals surface area contributed by atoms with Gasteiger partial charge in [-0.15, -0.1) is 0 Å². The molecule has 0 aromatic heterocycles. The standard InChI is InChI=1S/C29H40N4O6/c1-19(2)16-24(28(36)33-25(27(35)30-3)17-21-10-12-22(39-4)13-11-21)32-23(29(37)38)14-15-31-26(34)18-20-8-6-5-7-9-20/h5-13,19,23-25,32H,14-18H2,1-4H3,(H,30,35)(H,31,34)(H,33,36)(H,37,38)/t23-,24+,25-/m0/s1. The lowest BCUT2D eigenvalue weighted by Crippen LogP contribution is -2.56. The van der Waals surface area contributed by atoms with Crippen LogP contribution in [-0.2, 0) is 32.0 Å². The summed E-state index contributed by atoms with van der Waals surface area (Å²) in [4.78, 5) is 50.1. The third-order valence-corrected chi connectivity index (χ3v) is 6.17. The fourth-order valence-electron chi connectivity index (χ4n) is 4.10. The number of nitrogens with one attached hydrogen (secondary N) is 4. The number of hydrogen-bond donors (Lipinski definition) is 5. The van der Waals surface area contributed by atoms with Crippen LogP contribution in [0.15, 0.2) is 54.6 Å². The van der Waals surface area contributed by atoms with Crippen LogP contribution in [0.1, 0.15) is 37.8 Å². The van der Waals surface area contributed by atoms with Gasteiger partial charge in [-0.1, -0.05) is 56.3 Å². The Bertz CT molecular complexity index is 1070. The summed E-state index contributed by atoms with van der Waals surface area (Å²) in [6, 6.07) is 13.7. The summed E-state index contributed by atoms with van der Waals surface area (Å²) in [6.07, 6.45) is 0.889. The van der Waals surface area contributed by atoms with Crippen molar-refractivity contribution in [3.63, 3.8) is 0 Å². The minimum atomic E-state index is -1.13. The number of benzene rings is 2. The smallest absolute Gasteiger partial charge is 0.320 e. The summed E-state index contributed by atoms with van der Waals surface area (Å²) in [5.41, 5.74) is 1.68. The summed E-state index contributed by atoms with van der Waals surface area (Å²) in [7, 11) is 3.05. The van der Waals surface area contributed by atoms with Gasteiger partial charge in [0.15, 0.2) is 0 Å². The largest absolute Gasteiger partial charge is 0.497 e. The molecule has 0 radical (unpaired) electrons. The van der Waals surface area contributed by atoms with E-state index in [1.807, 2.05) is 56.3 Å². The summed E-state index contributed by atoms with van der Waals surface area (Å²) in [5, 5.41) is 20.8. The maximum absolute atomic E-state index is 13.3. The zero-order chi connectivity index (χ0) is 28.8. The van der Waals surface area contributed by atoms with Crippen molar-refractivity contribution in [1.29, 1.82) is 0 Å². The Labute approximate surface area is 229 Å². The number of carboxylic acid groups (broad SMARTS) is 1. The number of carboxylic acids is 1.